The van der Waals surface area contributed by atoms with Gasteiger partial charge in [0.25, 0.3) is 0 Å². The lowest BCUT2D eigenvalue weighted by molar-refractivity contribution is -0.164. The second kappa shape index (κ2) is 9.80. The highest BCUT2D eigenvalue weighted by Crippen LogP contribution is 2.24. The smallest absolute Gasteiger partial charge is 0.329 e. The van der Waals surface area contributed by atoms with E-state index < -0.39 is 39.6 Å². The summed E-state index contributed by atoms with van der Waals surface area (Å²) in [4.78, 5) is 27.7. The van der Waals surface area contributed by atoms with E-state index in [-0.39, 0.29) is 18.9 Å². The van der Waals surface area contributed by atoms with E-state index >= 15 is 0 Å². The van der Waals surface area contributed by atoms with Gasteiger partial charge in [-0.05, 0) is 57.7 Å². The highest BCUT2D eigenvalue weighted by Gasteiger charge is 2.41. The first-order valence-electron chi connectivity index (χ1n) is 9.76. The van der Waals surface area contributed by atoms with Crippen molar-refractivity contribution >= 4 is 50.9 Å². The highest BCUT2D eigenvalue weighted by atomic mass is 35.5. The number of nitrogens with one attached hydrogen (secondary N) is 1. The molecule has 0 aromatic carbocycles. The Labute approximate surface area is 187 Å². The standard InChI is InChI=1S/C20H29ClN2O5S2/c1-13(2)12-16(19(25)28-20(3,4)5)23-10-8-15(18(23)24)22-30(26,27)11-9-14-6-7-17(21)29-14/h6-7,9,11,13,15-16,22H,8,10,12H2,1-5H3/b11-9+/t15-,16-/m0/s1. The first-order chi connectivity index (χ1) is 13.8. The summed E-state index contributed by atoms with van der Waals surface area (Å²) in [5.74, 6) is -0.725. The molecule has 7 nitrogen and oxygen atoms in total. The van der Waals surface area contributed by atoms with Crippen LogP contribution in [-0.4, -0.2) is 49.4 Å². The van der Waals surface area contributed by atoms with E-state index in [0.29, 0.717) is 15.6 Å². The van der Waals surface area contributed by atoms with Gasteiger partial charge in [-0.3, -0.25) is 4.79 Å². The van der Waals surface area contributed by atoms with Crippen molar-refractivity contribution in [2.75, 3.05) is 6.54 Å². The number of hydrogen-bond acceptors (Lipinski definition) is 6. The van der Waals surface area contributed by atoms with Gasteiger partial charge in [0, 0.05) is 16.8 Å². The molecule has 1 amide bonds. The predicted octanol–water partition coefficient (Wildman–Crippen LogP) is 3.65. The number of likely N-dealkylation sites (tertiary alicyclic amines) is 1. The predicted molar refractivity (Wildman–Crippen MR) is 120 cm³/mol. The van der Waals surface area contributed by atoms with Gasteiger partial charge in [-0.1, -0.05) is 25.4 Å². The molecule has 2 atom stereocenters. The lowest BCUT2D eigenvalue weighted by atomic mass is 10.0. The molecular weight excluding hydrogens is 448 g/mol. The number of sulfonamides is 1. The molecule has 10 heteroatoms. The lowest BCUT2D eigenvalue weighted by Crippen LogP contribution is -2.49. The molecule has 1 N–H and O–H groups in total. The summed E-state index contributed by atoms with van der Waals surface area (Å²) < 4.78 is 33.3. The molecule has 0 radical (unpaired) electrons. The first kappa shape index (κ1) is 24.8. The van der Waals surface area contributed by atoms with Crippen LogP contribution < -0.4 is 4.72 Å². The zero-order valence-electron chi connectivity index (χ0n) is 17.8. The third-order valence-electron chi connectivity index (χ3n) is 4.30. The van der Waals surface area contributed by atoms with Crippen LogP contribution in [0, 0.1) is 5.92 Å². The van der Waals surface area contributed by atoms with Crippen LogP contribution in [0.2, 0.25) is 4.34 Å². The number of esters is 1. The number of thiophene rings is 1. The zero-order chi connectivity index (χ0) is 22.7. The van der Waals surface area contributed by atoms with Gasteiger partial charge in [0.15, 0.2) is 0 Å². The molecule has 0 aliphatic carbocycles. The number of carbonyl (C=O) groups is 2. The quantitative estimate of drug-likeness (QED) is 0.578. The fraction of sp³-hybridized carbons (Fsp3) is 0.600. The van der Waals surface area contributed by atoms with E-state index in [0.717, 1.165) is 5.41 Å². The Morgan fingerprint density at radius 3 is 2.60 bits per heavy atom. The number of ether oxygens (including phenoxy) is 1. The van der Waals surface area contributed by atoms with Crippen molar-refractivity contribution in [2.45, 2.75) is 65.1 Å². The molecule has 0 saturated carbocycles. The van der Waals surface area contributed by atoms with Gasteiger partial charge in [0.2, 0.25) is 15.9 Å². The van der Waals surface area contributed by atoms with E-state index in [1.165, 1.54) is 22.3 Å². The van der Waals surface area contributed by atoms with E-state index in [1.54, 1.807) is 32.9 Å². The molecule has 1 aromatic rings. The summed E-state index contributed by atoms with van der Waals surface area (Å²) in [7, 11) is -3.84. The van der Waals surface area contributed by atoms with Crippen molar-refractivity contribution in [1.29, 1.82) is 0 Å². The van der Waals surface area contributed by atoms with Crippen LogP contribution in [0.25, 0.3) is 6.08 Å². The number of amides is 1. The Hall–Kier alpha value is -1.42. The average molecular weight is 477 g/mol. The fourth-order valence-corrected chi connectivity index (χ4v) is 5.17. The van der Waals surface area contributed by atoms with E-state index in [1.807, 2.05) is 13.8 Å². The first-order valence-corrected chi connectivity index (χ1v) is 12.5. The maximum Gasteiger partial charge on any atom is 0.329 e. The number of hydrogen-bond donors (Lipinski definition) is 1. The van der Waals surface area contributed by atoms with Gasteiger partial charge in [-0.2, -0.15) is 4.72 Å². The molecule has 1 fully saturated rings. The SMILES string of the molecule is CC(C)C[C@@H](C(=O)OC(C)(C)C)N1CC[C@H](NS(=O)(=O)/C=C/c2ccc(Cl)s2)C1=O. The molecule has 168 valence electrons. The van der Waals surface area contributed by atoms with Gasteiger partial charge < -0.3 is 9.64 Å². The molecule has 1 aliphatic rings. The molecule has 0 bridgehead atoms. The Morgan fingerprint density at radius 2 is 2.07 bits per heavy atom. The number of halogens is 1. The minimum atomic E-state index is -3.84. The maximum atomic E-state index is 12.9. The van der Waals surface area contributed by atoms with Crippen LogP contribution >= 0.6 is 22.9 Å². The Morgan fingerprint density at radius 1 is 1.40 bits per heavy atom. The zero-order valence-corrected chi connectivity index (χ0v) is 20.2. The van der Waals surface area contributed by atoms with Gasteiger partial charge in [0.05, 0.1) is 4.34 Å². The number of carbonyl (C=O) groups excluding carboxylic acids is 2. The molecule has 1 aliphatic heterocycles. The number of nitrogens with zero attached hydrogens (tertiary/aromatic N) is 1. The fourth-order valence-electron chi connectivity index (χ4n) is 3.10. The molecule has 2 heterocycles. The Kier molecular flexibility index (Phi) is 8.12. The van der Waals surface area contributed by atoms with Crippen LogP contribution in [0.5, 0.6) is 0 Å². The normalized spacial score (nSPS) is 19.1. The second-order valence-electron chi connectivity index (χ2n) is 8.66. The van der Waals surface area contributed by atoms with Crippen molar-refractivity contribution in [1.82, 2.24) is 9.62 Å². The van der Waals surface area contributed by atoms with Crippen LogP contribution in [0.1, 0.15) is 52.3 Å². The average Bonchev–Trinajstić information content (AvgIpc) is 3.15. The van der Waals surface area contributed by atoms with Crippen molar-refractivity contribution in [3.8, 4) is 0 Å². The third-order valence-corrected chi connectivity index (χ3v) is 6.61. The maximum absolute atomic E-state index is 12.9. The van der Waals surface area contributed by atoms with Crippen LogP contribution in [-0.2, 0) is 24.3 Å². The molecule has 0 unspecified atom stereocenters. The number of rotatable bonds is 8. The van der Waals surface area contributed by atoms with Gasteiger partial charge in [-0.15, -0.1) is 11.3 Å². The van der Waals surface area contributed by atoms with Crippen molar-refractivity contribution in [3.63, 3.8) is 0 Å². The van der Waals surface area contributed by atoms with E-state index in [2.05, 4.69) is 4.72 Å². The summed E-state index contributed by atoms with van der Waals surface area (Å²) in [5.41, 5.74) is -0.675. The monoisotopic (exact) mass is 476 g/mol. The van der Waals surface area contributed by atoms with Crippen molar-refractivity contribution in [3.05, 3.63) is 26.8 Å². The Balaban J connectivity index is 2.10. The minimum Gasteiger partial charge on any atom is -0.458 e. The van der Waals surface area contributed by atoms with Crippen molar-refractivity contribution < 1.29 is 22.7 Å². The summed E-state index contributed by atoms with van der Waals surface area (Å²) >= 11 is 7.09. The molecular formula is C20H29ClN2O5S2. The van der Waals surface area contributed by atoms with Crippen LogP contribution in [0.3, 0.4) is 0 Å². The molecule has 0 spiro atoms. The molecule has 30 heavy (non-hydrogen) atoms. The summed E-state index contributed by atoms with van der Waals surface area (Å²) in [6.45, 7) is 9.51. The molecule has 2 rings (SSSR count). The lowest BCUT2D eigenvalue weighted by Gasteiger charge is -2.31. The Bertz CT molecular complexity index is 903. The largest absolute Gasteiger partial charge is 0.458 e. The highest BCUT2D eigenvalue weighted by molar-refractivity contribution is 7.92. The van der Waals surface area contributed by atoms with E-state index in [9.17, 15) is 18.0 Å². The summed E-state index contributed by atoms with van der Waals surface area (Å²) in [5, 5.41) is 1.02. The minimum absolute atomic E-state index is 0.159. The second-order valence-corrected chi connectivity index (χ2v) is 12.0. The van der Waals surface area contributed by atoms with Crippen LogP contribution in [0.15, 0.2) is 17.5 Å². The third kappa shape index (κ3) is 7.37. The van der Waals surface area contributed by atoms with Gasteiger partial charge in [0.1, 0.15) is 17.7 Å². The summed E-state index contributed by atoms with van der Waals surface area (Å²) in [6.07, 6.45) is 2.16. The topological polar surface area (TPSA) is 92.8 Å². The van der Waals surface area contributed by atoms with Gasteiger partial charge in [-0.25, -0.2) is 13.2 Å². The molecule has 1 aromatic heterocycles. The summed E-state index contributed by atoms with van der Waals surface area (Å²) in [6, 6.07) is 1.73. The van der Waals surface area contributed by atoms with Gasteiger partial charge >= 0.3 is 5.97 Å². The van der Waals surface area contributed by atoms with E-state index in [4.69, 9.17) is 16.3 Å². The molecule has 1 saturated heterocycles. The van der Waals surface area contributed by atoms with Crippen LogP contribution in [0.4, 0.5) is 0 Å². The van der Waals surface area contributed by atoms with Crippen molar-refractivity contribution in [2.24, 2.45) is 5.92 Å².